The van der Waals surface area contributed by atoms with Gasteiger partial charge < -0.3 is 5.32 Å². The molecule has 3 aromatic carbocycles. The summed E-state index contributed by atoms with van der Waals surface area (Å²) < 4.78 is 0. The Morgan fingerprint density at radius 1 is 0.680 bits per heavy atom. The first-order valence-electron chi connectivity index (χ1n) is 7.69. The zero-order valence-electron chi connectivity index (χ0n) is 13.3. The molecule has 5 nitrogen and oxygen atoms in total. The normalized spacial score (nSPS) is 10.1. The number of hydrogen-bond donors (Lipinski definition) is 3. The fourth-order valence-corrected chi connectivity index (χ4v) is 2.45. The van der Waals surface area contributed by atoms with Crippen LogP contribution in [0.2, 0.25) is 0 Å². The van der Waals surface area contributed by atoms with Crippen molar-refractivity contribution >= 4 is 17.5 Å². The van der Waals surface area contributed by atoms with E-state index in [4.69, 9.17) is 5.21 Å². The largest absolute Gasteiger partial charge is 0.322 e. The number of anilines is 1. The van der Waals surface area contributed by atoms with Crippen LogP contribution in [0.25, 0.3) is 11.1 Å². The minimum atomic E-state index is -0.636. The van der Waals surface area contributed by atoms with Crippen molar-refractivity contribution in [3.63, 3.8) is 0 Å². The molecule has 0 aliphatic heterocycles. The summed E-state index contributed by atoms with van der Waals surface area (Å²) in [6, 6.07) is 23.5. The molecule has 0 fully saturated rings. The van der Waals surface area contributed by atoms with Crippen LogP contribution in [0.3, 0.4) is 0 Å². The number of carbonyl (C=O) groups is 2. The predicted molar refractivity (Wildman–Crippen MR) is 95.5 cm³/mol. The number of hydroxylamine groups is 1. The van der Waals surface area contributed by atoms with Gasteiger partial charge in [0.1, 0.15) is 0 Å². The summed E-state index contributed by atoms with van der Waals surface area (Å²) in [4.78, 5) is 23.8. The summed E-state index contributed by atoms with van der Waals surface area (Å²) in [6.07, 6.45) is 0. The fraction of sp³-hybridized carbons (Fsp3) is 0. The molecule has 0 aliphatic rings. The summed E-state index contributed by atoms with van der Waals surface area (Å²) in [6.45, 7) is 0. The summed E-state index contributed by atoms with van der Waals surface area (Å²) in [5.74, 6) is -0.913. The molecular formula is C20H16N2O3. The van der Waals surface area contributed by atoms with Crippen molar-refractivity contribution in [2.45, 2.75) is 0 Å². The molecule has 0 unspecified atom stereocenters. The third-order valence-electron chi connectivity index (χ3n) is 3.74. The van der Waals surface area contributed by atoms with E-state index in [-0.39, 0.29) is 11.5 Å². The first-order chi connectivity index (χ1) is 12.2. The zero-order valence-corrected chi connectivity index (χ0v) is 13.3. The number of benzene rings is 3. The minimum absolute atomic E-state index is 0.250. The number of amides is 2. The van der Waals surface area contributed by atoms with Crippen LogP contribution in [0, 0.1) is 0 Å². The van der Waals surface area contributed by atoms with E-state index in [9.17, 15) is 9.59 Å². The SMILES string of the molecule is O=C(NO)c1cccc(NC(=O)c2ccc(-c3ccccc3)cc2)c1. The molecule has 25 heavy (non-hydrogen) atoms. The summed E-state index contributed by atoms with van der Waals surface area (Å²) in [5, 5.41) is 11.4. The highest BCUT2D eigenvalue weighted by atomic mass is 16.5. The highest BCUT2D eigenvalue weighted by molar-refractivity contribution is 6.05. The van der Waals surface area contributed by atoms with Crippen molar-refractivity contribution in [2.24, 2.45) is 0 Å². The van der Waals surface area contributed by atoms with Gasteiger partial charge >= 0.3 is 0 Å². The van der Waals surface area contributed by atoms with Crippen LogP contribution in [0.4, 0.5) is 5.69 Å². The van der Waals surface area contributed by atoms with E-state index in [0.29, 0.717) is 11.3 Å². The van der Waals surface area contributed by atoms with Crippen molar-refractivity contribution in [3.05, 3.63) is 90.0 Å². The van der Waals surface area contributed by atoms with E-state index in [1.54, 1.807) is 29.7 Å². The molecular weight excluding hydrogens is 316 g/mol. The van der Waals surface area contributed by atoms with Crippen molar-refractivity contribution in [3.8, 4) is 11.1 Å². The Labute approximate surface area is 144 Å². The van der Waals surface area contributed by atoms with Gasteiger partial charge in [0.2, 0.25) is 0 Å². The molecule has 3 aromatic rings. The maximum absolute atomic E-state index is 12.4. The molecule has 0 aromatic heterocycles. The second kappa shape index (κ2) is 7.42. The molecule has 0 heterocycles. The minimum Gasteiger partial charge on any atom is -0.322 e. The van der Waals surface area contributed by atoms with Gasteiger partial charge in [-0.1, -0.05) is 48.5 Å². The molecule has 0 bridgehead atoms. The lowest BCUT2D eigenvalue weighted by Gasteiger charge is -2.08. The Bertz CT molecular complexity index is 890. The lowest BCUT2D eigenvalue weighted by atomic mass is 10.0. The Kier molecular flexibility index (Phi) is 4.87. The molecule has 0 spiro atoms. The van der Waals surface area contributed by atoms with Gasteiger partial charge in [0.25, 0.3) is 11.8 Å². The van der Waals surface area contributed by atoms with Gasteiger partial charge in [-0.2, -0.15) is 0 Å². The summed E-state index contributed by atoms with van der Waals surface area (Å²) in [5.41, 5.74) is 4.90. The van der Waals surface area contributed by atoms with E-state index in [1.807, 2.05) is 42.5 Å². The van der Waals surface area contributed by atoms with Crippen molar-refractivity contribution in [1.29, 1.82) is 0 Å². The Morgan fingerprint density at radius 3 is 2.04 bits per heavy atom. The number of nitrogens with one attached hydrogen (secondary N) is 2. The Balaban J connectivity index is 1.74. The second-order valence-corrected chi connectivity index (χ2v) is 5.42. The molecule has 0 radical (unpaired) electrons. The molecule has 0 saturated carbocycles. The number of rotatable bonds is 4. The molecule has 124 valence electrons. The van der Waals surface area contributed by atoms with Crippen molar-refractivity contribution in [2.75, 3.05) is 5.32 Å². The van der Waals surface area contributed by atoms with Gasteiger partial charge in [-0.25, -0.2) is 5.48 Å². The average Bonchev–Trinajstić information content (AvgIpc) is 2.68. The smallest absolute Gasteiger partial charge is 0.274 e. The topological polar surface area (TPSA) is 78.4 Å². The molecule has 3 rings (SSSR count). The highest BCUT2D eigenvalue weighted by Crippen LogP contribution is 2.20. The van der Waals surface area contributed by atoms with E-state index < -0.39 is 5.91 Å². The van der Waals surface area contributed by atoms with Gasteiger partial charge in [0, 0.05) is 16.8 Å². The first kappa shape index (κ1) is 16.4. The van der Waals surface area contributed by atoms with Gasteiger partial charge in [0.15, 0.2) is 0 Å². The maximum atomic E-state index is 12.4. The van der Waals surface area contributed by atoms with Crippen LogP contribution in [0.5, 0.6) is 0 Å². The van der Waals surface area contributed by atoms with Gasteiger partial charge in [0.05, 0.1) is 0 Å². The van der Waals surface area contributed by atoms with E-state index in [0.717, 1.165) is 11.1 Å². The van der Waals surface area contributed by atoms with Crippen LogP contribution in [-0.2, 0) is 0 Å². The van der Waals surface area contributed by atoms with E-state index in [1.165, 1.54) is 12.1 Å². The quantitative estimate of drug-likeness (QED) is 0.503. The number of carbonyl (C=O) groups excluding carboxylic acids is 2. The third kappa shape index (κ3) is 3.91. The van der Waals surface area contributed by atoms with Crippen LogP contribution >= 0.6 is 0 Å². The van der Waals surface area contributed by atoms with Gasteiger partial charge in [-0.05, 0) is 41.5 Å². The molecule has 0 saturated heterocycles. The van der Waals surface area contributed by atoms with Crippen molar-refractivity contribution in [1.82, 2.24) is 5.48 Å². The van der Waals surface area contributed by atoms with Crippen LogP contribution in [0.1, 0.15) is 20.7 Å². The van der Waals surface area contributed by atoms with E-state index >= 15 is 0 Å². The Hall–Kier alpha value is -3.44. The average molecular weight is 332 g/mol. The Morgan fingerprint density at radius 2 is 1.36 bits per heavy atom. The second-order valence-electron chi connectivity index (χ2n) is 5.42. The van der Waals surface area contributed by atoms with E-state index in [2.05, 4.69) is 5.32 Å². The van der Waals surface area contributed by atoms with Crippen LogP contribution in [-0.4, -0.2) is 17.0 Å². The molecule has 0 aliphatic carbocycles. The fourth-order valence-electron chi connectivity index (χ4n) is 2.45. The van der Waals surface area contributed by atoms with Crippen LogP contribution < -0.4 is 10.8 Å². The van der Waals surface area contributed by atoms with Gasteiger partial charge in [-0.15, -0.1) is 0 Å². The monoisotopic (exact) mass is 332 g/mol. The van der Waals surface area contributed by atoms with Gasteiger partial charge in [-0.3, -0.25) is 14.8 Å². The number of hydrogen-bond acceptors (Lipinski definition) is 3. The predicted octanol–water partition coefficient (Wildman–Crippen LogP) is 3.72. The maximum Gasteiger partial charge on any atom is 0.274 e. The van der Waals surface area contributed by atoms with Crippen molar-refractivity contribution < 1.29 is 14.8 Å². The lowest BCUT2D eigenvalue weighted by Crippen LogP contribution is -2.19. The molecule has 3 N–H and O–H groups in total. The first-order valence-corrected chi connectivity index (χ1v) is 7.69. The van der Waals surface area contributed by atoms with Crippen LogP contribution in [0.15, 0.2) is 78.9 Å². The molecule has 2 amide bonds. The summed E-state index contributed by atoms with van der Waals surface area (Å²) >= 11 is 0. The third-order valence-corrected chi connectivity index (χ3v) is 3.74. The lowest BCUT2D eigenvalue weighted by molar-refractivity contribution is 0.0706. The highest BCUT2D eigenvalue weighted by Gasteiger charge is 2.09. The summed E-state index contributed by atoms with van der Waals surface area (Å²) in [7, 11) is 0. The molecule has 0 atom stereocenters. The molecule has 5 heteroatoms. The standard InChI is InChI=1S/C20H16N2O3/c23-19(21-18-8-4-7-17(13-18)20(24)22-25)16-11-9-15(10-12-16)14-5-2-1-3-6-14/h1-13,25H,(H,21,23)(H,22,24). The zero-order chi connectivity index (χ0) is 17.6.